The van der Waals surface area contributed by atoms with Crippen LogP contribution in [0.5, 0.6) is 11.5 Å². The summed E-state index contributed by atoms with van der Waals surface area (Å²) >= 11 is 6.18. The number of terminal acetylenes is 1. The van der Waals surface area contributed by atoms with Crippen molar-refractivity contribution in [1.29, 1.82) is 0 Å². The van der Waals surface area contributed by atoms with Crippen LogP contribution in [0.4, 0.5) is 0 Å². The molecule has 0 radical (unpaired) electrons. The number of hydrogen-bond donors (Lipinski definition) is 1. The molecule has 1 aliphatic heterocycles. The maximum atomic E-state index is 11.9. The third kappa shape index (κ3) is 5.94. The third-order valence-electron chi connectivity index (χ3n) is 3.43. The Morgan fingerprint density at radius 3 is 2.96 bits per heavy atom. The van der Waals surface area contributed by atoms with E-state index >= 15 is 0 Å². The first-order chi connectivity index (χ1) is 12.1. The second-order valence-electron chi connectivity index (χ2n) is 5.21. The molecule has 0 bridgehead atoms. The van der Waals surface area contributed by atoms with Gasteiger partial charge < -0.3 is 14.2 Å². The highest BCUT2D eigenvalue weighted by Gasteiger charge is 2.14. The van der Waals surface area contributed by atoms with E-state index in [1.807, 2.05) is 4.90 Å². The molecule has 0 aromatic heterocycles. The first kappa shape index (κ1) is 19.1. The van der Waals surface area contributed by atoms with Crippen LogP contribution in [0, 0.1) is 12.3 Å². The summed E-state index contributed by atoms with van der Waals surface area (Å²) in [4.78, 5) is 13.9. The van der Waals surface area contributed by atoms with Gasteiger partial charge in [-0.25, -0.2) is 5.43 Å². The zero-order chi connectivity index (χ0) is 18.1. The summed E-state index contributed by atoms with van der Waals surface area (Å²) < 4.78 is 15.9. The molecule has 1 fully saturated rings. The highest BCUT2D eigenvalue weighted by atomic mass is 35.5. The minimum atomic E-state index is -0.190. The van der Waals surface area contributed by atoms with Gasteiger partial charge in [0.15, 0.2) is 11.5 Å². The third-order valence-corrected chi connectivity index (χ3v) is 3.71. The van der Waals surface area contributed by atoms with E-state index in [0.29, 0.717) is 35.3 Å². The van der Waals surface area contributed by atoms with Crippen molar-refractivity contribution < 1.29 is 19.0 Å². The smallest absolute Gasteiger partial charge is 0.254 e. The highest BCUT2D eigenvalue weighted by Crippen LogP contribution is 2.35. The predicted molar refractivity (Wildman–Crippen MR) is 95.3 cm³/mol. The largest absolute Gasteiger partial charge is 0.493 e. The Bertz CT molecular complexity index is 667. The van der Waals surface area contributed by atoms with Gasteiger partial charge in [0.2, 0.25) is 0 Å². The molecule has 1 saturated heterocycles. The van der Waals surface area contributed by atoms with Crippen LogP contribution in [-0.2, 0) is 9.53 Å². The van der Waals surface area contributed by atoms with Gasteiger partial charge in [0.1, 0.15) is 6.61 Å². The maximum Gasteiger partial charge on any atom is 0.254 e. The number of nitrogens with one attached hydrogen (secondary N) is 1. The van der Waals surface area contributed by atoms with E-state index in [1.165, 1.54) is 13.3 Å². The van der Waals surface area contributed by atoms with Gasteiger partial charge in [-0.15, -0.1) is 6.42 Å². The highest BCUT2D eigenvalue weighted by molar-refractivity contribution is 6.32. The van der Waals surface area contributed by atoms with Gasteiger partial charge in [-0.05, 0) is 17.7 Å². The monoisotopic (exact) mass is 365 g/mol. The molecule has 1 aromatic rings. The molecule has 1 aliphatic rings. The van der Waals surface area contributed by atoms with Gasteiger partial charge in [0.05, 0.1) is 38.1 Å². The van der Waals surface area contributed by atoms with Crippen LogP contribution in [0.25, 0.3) is 0 Å². The molecular weight excluding hydrogens is 346 g/mol. The minimum absolute atomic E-state index is 0.0844. The lowest BCUT2D eigenvalue weighted by atomic mass is 10.2. The second-order valence-corrected chi connectivity index (χ2v) is 5.62. The number of rotatable bonds is 7. The topological polar surface area (TPSA) is 72.4 Å². The number of carbonyl (C=O) groups is 1. The Balaban J connectivity index is 1.94. The van der Waals surface area contributed by atoms with Crippen LogP contribution in [0.2, 0.25) is 5.02 Å². The SMILES string of the molecule is C#CCOc1c(Cl)cc(/C=N\NC(=O)CN2CCOCC2)cc1OC. The number of hydrazone groups is 1. The van der Waals surface area contributed by atoms with Gasteiger partial charge in [-0.1, -0.05) is 17.5 Å². The van der Waals surface area contributed by atoms with Crippen molar-refractivity contribution in [2.45, 2.75) is 0 Å². The fraction of sp³-hybridized carbons (Fsp3) is 0.412. The molecule has 1 aromatic carbocycles. The molecule has 0 atom stereocenters. The summed E-state index contributed by atoms with van der Waals surface area (Å²) in [5.74, 6) is 2.98. The van der Waals surface area contributed by atoms with Crippen molar-refractivity contribution >= 4 is 23.7 Å². The lowest BCUT2D eigenvalue weighted by molar-refractivity contribution is -0.123. The molecule has 134 valence electrons. The van der Waals surface area contributed by atoms with Gasteiger partial charge in [0.25, 0.3) is 5.91 Å². The molecule has 1 amide bonds. The quantitative estimate of drug-likeness (QED) is 0.446. The van der Waals surface area contributed by atoms with Crippen LogP contribution in [0.3, 0.4) is 0 Å². The molecule has 7 nitrogen and oxygen atoms in total. The van der Waals surface area contributed by atoms with Gasteiger partial charge >= 0.3 is 0 Å². The number of hydrogen-bond acceptors (Lipinski definition) is 6. The summed E-state index contributed by atoms with van der Waals surface area (Å²) in [6.07, 6.45) is 6.66. The van der Waals surface area contributed by atoms with Crippen LogP contribution >= 0.6 is 11.6 Å². The zero-order valence-corrected chi connectivity index (χ0v) is 14.7. The minimum Gasteiger partial charge on any atom is -0.493 e. The molecule has 0 aliphatic carbocycles. The molecule has 2 rings (SSSR count). The molecule has 1 N–H and O–H groups in total. The maximum absolute atomic E-state index is 11.9. The molecule has 0 saturated carbocycles. The summed E-state index contributed by atoms with van der Waals surface area (Å²) in [7, 11) is 1.50. The number of morpholine rings is 1. The van der Waals surface area contributed by atoms with Crippen molar-refractivity contribution in [2.75, 3.05) is 46.6 Å². The average molecular weight is 366 g/mol. The number of halogens is 1. The lowest BCUT2D eigenvalue weighted by Gasteiger charge is -2.25. The summed E-state index contributed by atoms with van der Waals surface area (Å²) in [6.45, 7) is 3.13. The molecule has 0 unspecified atom stereocenters. The average Bonchev–Trinajstić information content (AvgIpc) is 2.61. The second kappa shape index (κ2) is 9.89. The molecule has 25 heavy (non-hydrogen) atoms. The van der Waals surface area contributed by atoms with E-state index in [4.69, 9.17) is 32.2 Å². The standard InChI is InChI=1S/C17H20ClN3O4/c1-3-6-25-17-14(18)9-13(10-15(17)23-2)11-19-20-16(22)12-21-4-7-24-8-5-21/h1,9-11H,4-8,12H2,2H3,(H,20,22)/b19-11-. The fourth-order valence-corrected chi connectivity index (χ4v) is 2.52. The number of amides is 1. The Morgan fingerprint density at radius 1 is 1.52 bits per heavy atom. The van der Waals surface area contributed by atoms with Crippen LogP contribution < -0.4 is 14.9 Å². The number of carbonyl (C=O) groups excluding carboxylic acids is 1. The first-order valence-electron chi connectivity index (χ1n) is 7.70. The Kier molecular flexibility index (Phi) is 7.54. The van der Waals surface area contributed by atoms with E-state index in [1.54, 1.807) is 12.1 Å². The summed E-state index contributed by atoms with van der Waals surface area (Å²) in [5.41, 5.74) is 3.14. The van der Waals surface area contributed by atoms with Gasteiger partial charge in [0, 0.05) is 13.1 Å². The van der Waals surface area contributed by atoms with Crippen molar-refractivity contribution in [3.63, 3.8) is 0 Å². The molecule has 1 heterocycles. The molecule has 0 spiro atoms. The first-order valence-corrected chi connectivity index (χ1v) is 8.07. The summed E-state index contributed by atoms with van der Waals surface area (Å²) in [5, 5.41) is 4.29. The molecular formula is C17H20ClN3O4. The van der Waals surface area contributed by atoms with E-state index in [-0.39, 0.29) is 19.1 Å². The van der Waals surface area contributed by atoms with E-state index < -0.39 is 0 Å². The van der Waals surface area contributed by atoms with Crippen molar-refractivity contribution in [3.05, 3.63) is 22.7 Å². The molecule has 8 heteroatoms. The van der Waals surface area contributed by atoms with Gasteiger partial charge in [-0.2, -0.15) is 5.10 Å². The number of benzene rings is 1. The van der Waals surface area contributed by atoms with Gasteiger partial charge in [-0.3, -0.25) is 9.69 Å². The zero-order valence-electron chi connectivity index (χ0n) is 14.0. The van der Waals surface area contributed by atoms with E-state index in [2.05, 4.69) is 16.4 Å². The van der Waals surface area contributed by atoms with Crippen molar-refractivity contribution in [2.24, 2.45) is 5.10 Å². The number of methoxy groups -OCH3 is 1. The van der Waals surface area contributed by atoms with Crippen LogP contribution in [0.15, 0.2) is 17.2 Å². The fourth-order valence-electron chi connectivity index (χ4n) is 2.24. The van der Waals surface area contributed by atoms with Crippen LogP contribution in [-0.4, -0.2) is 63.6 Å². The Labute approximate surface area is 151 Å². The predicted octanol–water partition coefficient (Wildman–Crippen LogP) is 1.14. The van der Waals surface area contributed by atoms with Crippen LogP contribution in [0.1, 0.15) is 5.56 Å². The number of ether oxygens (including phenoxy) is 3. The number of nitrogens with zero attached hydrogens (tertiary/aromatic N) is 2. The van der Waals surface area contributed by atoms with E-state index in [9.17, 15) is 4.79 Å². The Hall–Kier alpha value is -2.27. The van der Waals surface area contributed by atoms with Crippen molar-refractivity contribution in [3.8, 4) is 23.8 Å². The normalized spacial score (nSPS) is 14.9. The summed E-state index contributed by atoms with van der Waals surface area (Å²) in [6, 6.07) is 3.34. The van der Waals surface area contributed by atoms with E-state index in [0.717, 1.165) is 13.1 Å². The van der Waals surface area contributed by atoms with Crippen molar-refractivity contribution in [1.82, 2.24) is 10.3 Å². The lowest BCUT2D eigenvalue weighted by Crippen LogP contribution is -2.42. The Morgan fingerprint density at radius 2 is 2.28 bits per heavy atom.